The van der Waals surface area contributed by atoms with Gasteiger partial charge >= 0.3 is 0 Å². The third-order valence-corrected chi connectivity index (χ3v) is 5.32. The van der Waals surface area contributed by atoms with Crippen molar-refractivity contribution in [2.75, 3.05) is 5.75 Å². The maximum atomic E-state index is 4.50. The number of rotatable bonds is 6. The highest BCUT2D eigenvalue weighted by Gasteiger charge is 2.17. The normalized spacial score (nSPS) is 10.9. The van der Waals surface area contributed by atoms with Crippen LogP contribution in [0.1, 0.15) is 11.1 Å². The van der Waals surface area contributed by atoms with Crippen LogP contribution in [0.15, 0.2) is 84.3 Å². The van der Waals surface area contributed by atoms with Crippen LogP contribution in [0, 0.1) is 6.92 Å². The summed E-state index contributed by atoms with van der Waals surface area (Å²) in [5.41, 5.74) is 4.64. The minimum Gasteiger partial charge on any atom is -0.270 e. The third kappa shape index (κ3) is 3.93. The molecule has 2 aromatic carbocycles. The summed E-state index contributed by atoms with van der Waals surface area (Å²) in [6.45, 7) is 2.12. The lowest BCUT2D eigenvalue weighted by Gasteiger charge is -2.12. The minimum absolute atomic E-state index is 0.842. The number of aryl methyl sites for hydroxylation is 2. The fourth-order valence-electron chi connectivity index (χ4n) is 2.99. The number of thioether (sulfide) groups is 1. The van der Waals surface area contributed by atoms with Crippen LogP contribution in [0.5, 0.6) is 0 Å². The van der Waals surface area contributed by atoms with Crippen LogP contribution in [0.4, 0.5) is 0 Å². The van der Waals surface area contributed by atoms with Crippen LogP contribution >= 0.6 is 11.8 Å². The molecule has 0 fully saturated rings. The second-order valence-electron chi connectivity index (χ2n) is 6.25. The first kappa shape index (κ1) is 17.5. The fourth-order valence-corrected chi connectivity index (χ4v) is 3.92. The molecule has 0 aliphatic carbocycles. The molecule has 5 heteroatoms. The second-order valence-corrected chi connectivity index (χ2v) is 7.31. The Balaban J connectivity index is 1.67. The van der Waals surface area contributed by atoms with Crippen molar-refractivity contribution < 1.29 is 0 Å². The molecule has 0 saturated heterocycles. The lowest BCUT2D eigenvalue weighted by atomic mass is 10.2. The number of benzene rings is 2. The highest BCUT2D eigenvalue weighted by Crippen LogP contribution is 2.29. The Kier molecular flexibility index (Phi) is 5.30. The highest BCUT2D eigenvalue weighted by molar-refractivity contribution is 7.99. The minimum atomic E-state index is 0.842. The van der Waals surface area contributed by atoms with Crippen LogP contribution in [-0.2, 0) is 6.42 Å². The first-order chi connectivity index (χ1) is 13.3. The molecular weight excluding hydrogens is 352 g/mol. The molecule has 0 bridgehead atoms. The van der Waals surface area contributed by atoms with Crippen LogP contribution in [-0.4, -0.2) is 25.5 Å². The Hall–Kier alpha value is -2.92. The number of aromatic nitrogens is 4. The van der Waals surface area contributed by atoms with Gasteiger partial charge in [0.15, 0.2) is 11.0 Å². The second kappa shape index (κ2) is 8.18. The highest BCUT2D eigenvalue weighted by atomic mass is 32.2. The standard InChI is InChI=1S/C22H20N4S/c1-17-7-5-6-10-20(17)26-21(19-11-14-23-15-12-19)24-25-22(26)27-16-13-18-8-3-2-4-9-18/h2-12,14-15H,13,16H2,1H3. The molecule has 0 radical (unpaired) electrons. The number of hydrogen-bond donors (Lipinski definition) is 0. The van der Waals surface area contributed by atoms with Crippen molar-refractivity contribution in [2.24, 2.45) is 0 Å². The Bertz CT molecular complexity index is 1010. The van der Waals surface area contributed by atoms with Gasteiger partial charge in [0.25, 0.3) is 0 Å². The molecule has 0 unspecified atom stereocenters. The van der Waals surface area contributed by atoms with E-state index in [2.05, 4.69) is 75.2 Å². The summed E-state index contributed by atoms with van der Waals surface area (Å²) in [4.78, 5) is 4.12. The van der Waals surface area contributed by atoms with Gasteiger partial charge in [-0.1, -0.05) is 60.3 Å². The molecule has 2 aromatic heterocycles. The van der Waals surface area contributed by atoms with E-state index in [-0.39, 0.29) is 0 Å². The molecule has 0 amide bonds. The first-order valence-electron chi connectivity index (χ1n) is 8.91. The monoisotopic (exact) mass is 372 g/mol. The van der Waals surface area contributed by atoms with E-state index in [1.165, 1.54) is 11.1 Å². The molecule has 2 heterocycles. The third-order valence-electron chi connectivity index (χ3n) is 4.39. The zero-order valence-corrected chi connectivity index (χ0v) is 15.9. The largest absolute Gasteiger partial charge is 0.270 e. The Morgan fingerprint density at radius 1 is 0.852 bits per heavy atom. The average molecular weight is 372 g/mol. The van der Waals surface area contributed by atoms with Crippen LogP contribution < -0.4 is 0 Å². The molecule has 4 nitrogen and oxygen atoms in total. The maximum absolute atomic E-state index is 4.50. The van der Waals surface area contributed by atoms with Crippen molar-refractivity contribution in [3.63, 3.8) is 0 Å². The number of nitrogens with zero attached hydrogens (tertiary/aromatic N) is 4. The molecule has 0 atom stereocenters. The molecule has 0 N–H and O–H groups in total. The predicted molar refractivity (Wildman–Crippen MR) is 110 cm³/mol. The Morgan fingerprint density at radius 2 is 1.59 bits per heavy atom. The van der Waals surface area contributed by atoms with Crippen LogP contribution in [0.2, 0.25) is 0 Å². The number of hydrogen-bond acceptors (Lipinski definition) is 4. The van der Waals surface area contributed by atoms with Gasteiger partial charge < -0.3 is 0 Å². The summed E-state index contributed by atoms with van der Waals surface area (Å²) >= 11 is 1.73. The van der Waals surface area contributed by atoms with Crippen LogP contribution in [0.3, 0.4) is 0 Å². The topological polar surface area (TPSA) is 43.6 Å². The van der Waals surface area contributed by atoms with Gasteiger partial charge in [0, 0.05) is 23.7 Å². The molecule has 27 heavy (non-hydrogen) atoms. The summed E-state index contributed by atoms with van der Waals surface area (Å²) < 4.78 is 2.15. The molecule has 4 aromatic rings. The van der Waals surface area contributed by atoms with E-state index in [4.69, 9.17) is 0 Å². The van der Waals surface area contributed by atoms with Gasteiger partial charge in [0.2, 0.25) is 0 Å². The molecule has 134 valence electrons. The van der Waals surface area contributed by atoms with E-state index >= 15 is 0 Å². The molecule has 0 aliphatic rings. The van der Waals surface area contributed by atoms with Gasteiger partial charge in [-0.25, -0.2) is 0 Å². The van der Waals surface area contributed by atoms with E-state index in [0.717, 1.165) is 34.4 Å². The summed E-state index contributed by atoms with van der Waals surface area (Å²) in [6.07, 6.45) is 4.57. The van der Waals surface area contributed by atoms with Gasteiger partial charge in [-0.15, -0.1) is 10.2 Å². The van der Waals surface area contributed by atoms with Crippen molar-refractivity contribution in [3.05, 3.63) is 90.3 Å². The van der Waals surface area contributed by atoms with Crippen molar-refractivity contribution in [1.82, 2.24) is 19.7 Å². The van der Waals surface area contributed by atoms with Gasteiger partial charge in [-0.05, 0) is 42.7 Å². The van der Waals surface area contributed by atoms with Gasteiger partial charge in [0.05, 0.1) is 5.69 Å². The summed E-state index contributed by atoms with van der Waals surface area (Å²) in [6, 6.07) is 22.8. The zero-order chi connectivity index (χ0) is 18.5. The van der Waals surface area contributed by atoms with Crippen LogP contribution in [0.25, 0.3) is 17.1 Å². The smallest absolute Gasteiger partial charge is 0.196 e. The fraction of sp³-hybridized carbons (Fsp3) is 0.136. The lowest BCUT2D eigenvalue weighted by molar-refractivity contribution is 0.879. The Labute approximate surface area is 163 Å². The van der Waals surface area contributed by atoms with Crippen molar-refractivity contribution >= 4 is 11.8 Å². The van der Waals surface area contributed by atoms with E-state index in [0.29, 0.717) is 0 Å². The van der Waals surface area contributed by atoms with Crippen molar-refractivity contribution in [2.45, 2.75) is 18.5 Å². The number of para-hydroxylation sites is 1. The quantitative estimate of drug-likeness (QED) is 0.448. The number of pyridine rings is 1. The SMILES string of the molecule is Cc1ccccc1-n1c(SCCc2ccccc2)nnc1-c1ccncc1. The summed E-state index contributed by atoms with van der Waals surface area (Å²) in [5, 5.41) is 9.90. The summed E-state index contributed by atoms with van der Waals surface area (Å²) in [5.74, 6) is 1.79. The molecule has 0 saturated carbocycles. The van der Waals surface area contributed by atoms with Gasteiger partial charge in [-0.2, -0.15) is 0 Å². The van der Waals surface area contributed by atoms with Gasteiger partial charge in [0.1, 0.15) is 0 Å². The molecular formula is C22H20N4S. The van der Waals surface area contributed by atoms with E-state index in [1.807, 2.05) is 18.2 Å². The van der Waals surface area contributed by atoms with Gasteiger partial charge in [-0.3, -0.25) is 9.55 Å². The van der Waals surface area contributed by atoms with E-state index in [9.17, 15) is 0 Å². The summed E-state index contributed by atoms with van der Waals surface area (Å²) in [7, 11) is 0. The first-order valence-corrected chi connectivity index (χ1v) is 9.90. The molecule has 0 spiro atoms. The zero-order valence-electron chi connectivity index (χ0n) is 15.1. The van der Waals surface area contributed by atoms with E-state index in [1.54, 1.807) is 24.2 Å². The lowest BCUT2D eigenvalue weighted by Crippen LogP contribution is -2.02. The Morgan fingerprint density at radius 3 is 2.37 bits per heavy atom. The molecule has 4 rings (SSSR count). The molecule has 0 aliphatic heterocycles. The average Bonchev–Trinajstić information content (AvgIpc) is 3.13. The van der Waals surface area contributed by atoms with Crippen molar-refractivity contribution in [3.8, 4) is 17.1 Å². The van der Waals surface area contributed by atoms with Crippen molar-refractivity contribution in [1.29, 1.82) is 0 Å². The van der Waals surface area contributed by atoms with E-state index < -0.39 is 0 Å². The maximum Gasteiger partial charge on any atom is 0.196 e. The predicted octanol–water partition coefficient (Wildman–Crippen LogP) is 4.97.